The van der Waals surface area contributed by atoms with E-state index in [0.29, 0.717) is 10.6 Å². The number of thiocarbonyl (C=S) groups is 1. The maximum Gasteiger partial charge on any atom is 0.340 e. The summed E-state index contributed by atoms with van der Waals surface area (Å²) in [6.45, 7) is 1.86. The standard InChI is InChI=1S/C20H17FN2O2S2/c1-12-8-9-15(21)16(10-12)22-20(26)23-18-14(19(24)25-2)11-17(27-18)13-6-4-3-5-7-13/h3-11H,1-2H3,(H2,22,23,26). The van der Waals surface area contributed by atoms with Crippen molar-refractivity contribution in [3.05, 3.63) is 71.5 Å². The van der Waals surface area contributed by atoms with Crippen molar-refractivity contribution in [2.24, 2.45) is 0 Å². The van der Waals surface area contributed by atoms with Crippen molar-refractivity contribution in [2.45, 2.75) is 6.92 Å². The minimum absolute atomic E-state index is 0.186. The second-order valence-electron chi connectivity index (χ2n) is 5.77. The smallest absolute Gasteiger partial charge is 0.340 e. The van der Waals surface area contributed by atoms with E-state index < -0.39 is 11.8 Å². The molecule has 1 heterocycles. The van der Waals surface area contributed by atoms with Gasteiger partial charge in [-0.25, -0.2) is 9.18 Å². The Balaban J connectivity index is 1.86. The maximum absolute atomic E-state index is 13.9. The number of ether oxygens (including phenoxy) is 1. The molecule has 2 N–H and O–H groups in total. The zero-order valence-corrected chi connectivity index (χ0v) is 16.3. The quantitative estimate of drug-likeness (QED) is 0.450. The number of nitrogens with one attached hydrogen (secondary N) is 2. The Bertz CT molecular complexity index is 987. The van der Waals surface area contributed by atoms with Crippen molar-refractivity contribution < 1.29 is 13.9 Å². The van der Waals surface area contributed by atoms with Crippen LogP contribution in [-0.2, 0) is 4.74 Å². The van der Waals surface area contributed by atoms with Crippen molar-refractivity contribution in [1.29, 1.82) is 0 Å². The molecule has 0 aliphatic rings. The number of carbonyl (C=O) groups is 1. The van der Waals surface area contributed by atoms with Gasteiger partial charge in [0.15, 0.2) is 5.11 Å². The van der Waals surface area contributed by atoms with E-state index >= 15 is 0 Å². The van der Waals surface area contributed by atoms with E-state index in [1.807, 2.05) is 37.3 Å². The number of anilines is 2. The van der Waals surface area contributed by atoms with Gasteiger partial charge in [-0.2, -0.15) is 0 Å². The van der Waals surface area contributed by atoms with E-state index in [9.17, 15) is 9.18 Å². The average molecular weight is 401 g/mol. The van der Waals surface area contributed by atoms with Crippen LogP contribution < -0.4 is 10.6 Å². The first-order valence-electron chi connectivity index (χ1n) is 8.09. The Morgan fingerprint density at radius 3 is 2.56 bits per heavy atom. The summed E-state index contributed by atoms with van der Waals surface area (Å²) in [5, 5.41) is 6.53. The van der Waals surface area contributed by atoms with Gasteiger partial charge in [-0.1, -0.05) is 36.4 Å². The molecule has 0 atom stereocenters. The van der Waals surface area contributed by atoms with Crippen LogP contribution in [0.3, 0.4) is 0 Å². The van der Waals surface area contributed by atoms with Gasteiger partial charge >= 0.3 is 5.97 Å². The minimum atomic E-state index is -0.472. The third-order valence-electron chi connectivity index (χ3n) is 3.79. The Hall–Kier alpha value is -2.77. The molecular formula is C20H17FN2O2S2. The Kier molecular flexibility index (Phi) is 5.83. The number of methoxy groups -OCH3 is 1. The monoisotopic (exact) mass is 400 g/mol. The summed E-state index contributed by atoms with van der Waals surface area (Å²) >= 11 is 6.66. The summed E-state index contributed by atoms with van der Waals surface area (Å²) in [5.74, 6) is -0.880. The number of thiophene rings is 1. The van der Waals surface area contributed by atoms with E-state index in [2.05, 4.69) is 10.6 Å². The maximum atomic E-state index is 13.9. The lowest BCUT2D eigenvalue weighted by molar-refractivity contribution is 0.0602. The molecule has 4 nitrogen and oxygen atoms in total. The minimum Gasteiger partial charge on any atom is -0.465 e. The van der Waals surface area contributed by atoms with E-state index in [1.54, 1.807) is 18.2 Å². The summed E-state index contributed by atoms with van der Waals surface area (Å²) < 4.78 is 18.8. The predicted octanol–water partition coefficient (Wildman–Crippen LogP) is 5.46. The van der Waals surface area contributed by atoms with Crippen LogP contribution in [0.15, 0.2) is 54.6 Å². The second-order valence-corrected chi connectivity index (χ2v) is 7.23. The van der Waals surface area contributed by atoms with Gasteiger partial charge in [-0.05, 0) is 48.5 Å². The summed E-state index contributed by atoms with van der Waals surface area (Å²) in [5.41, 5.74) is 2.52. The Labute approximate surface area is 166 Å². The third-order valence-corrected chi connectivity index (χ3v) is 5.10. The number of hydrogen-bond donors (Lipinski definition) is 2. The van der Waals surface area contributed by atoms with Crippen molar-refractivity contribution in [2.75, 3.05) is 17.7 Å². The molecule has 0 spiro atoms. The van der Waals surface area contributed by atoms with Gasteiger partial charge in [0, 0.05) is 4.88 Å². The first-order valence-corrected chi connectivity index (χ1v) is 9.32. The van der Waals surface area contributed by atoms with Gasteiger partial charge in [0.1, 0.15) is 10.8 Å². The Morgan fingerprint density at radius 1 is 1.11 bits per heavy atom. The lowest BCUT2D eigenvalue weighted by Gasteiger charge is -2.11. The van der Waals surface area contributed by atoms with Crippen LogP contribution in [0.25, 0.3) is 10.4 Å². The van der Waals surface area contributed by atoms with Crippen LogP contribution in [0, 0.1) is 12.7 Å². The van der Waals surface area contributed by atoms with E-state index in [-0.39, 0.29) is 10.8 Å². The summed E-state index contributed by atoms with van der Waals surface area (Å²) in [7, 11) is 1.32. The van der Waals surface area contributed by atoms with Crippen molar-refractivity contribution in [1.82, 2.24) is 0 Å². The average Bonchev–Trinajstić information content (AvgIpc) is 3.08. The molecule has 0 saturated heterocycles. The van der Waals surface area contributed by atoms with Crippen LogP contribution >= 0.6 is 23.6 Å². The number of benzene rings is 2. The Morgan fingerprint density at radius 2 is 1.85 bits per heavy atom. The van der Waals surface area contributed by atoms with Crippen molar-refractivity contribution >= 4 is 45.3 Å². The number of carbonyl (C=O) groups excluding carboxylic acids is 1. The fourth-order valence-electron chi connectivity index (χ4n) is 2.48. The number of esters is 1. The molecule has 138 valence electrons. The molecule has 27 heavy (non-hydrogen) atoms. The summed E-state index contributed by atoms with van der Waals surface area (Å²) in [6, 6.07) is 16.1. The van der Waals surface area contributed by atoms with Crippen LogP contribution in [0.1, 0.15) is 15.9 Å². The van der Waals surface area contributed by atoms with Gasteiger partial charge in [0.25, 0.3) is 0 Å². The number of halogens is 1. The van der Waals surface area contributed by atoms with E-state index in [1.165, 1.54) is 24.5 Å². The van der Waals surface area contributed by atoms with Crippen molar-refractivity contribution in [3.8, 4) is 10.4 Å². The molecule has 3 rings (SSSR count). The topological polar surface area (TPSA) is 50.4 Å². The van der Waals surface area contributed by atoms with Gasteiger partial charge in [0.2, 0.25) is 0 Å². The van der Waals surface area contributed by atoms with E-state index in [0.717, 1.165) is 16.0 Å². The zero-order chi connectivity index (χ0) is 19.4. The second kappa shape index (κ2) is 8.28. The first-order chi connectivity index (χ1) is 13.0. The molecule has 0 fully saturated rings. The molecule has 3 aromatic rings. The van der Waals surface area contributed by atoms with E-state index in [4.69, 9.17) is 17.0 Å². The first kappa shape index (κ1) is 19.0. The highest BCUT2D eigenvalue weighted by Crippen LogP contribution is 2.36. The number of aryl methyl sites for hydroxylation is 1. The van der Waals surface area contributed by atoms with Crippen LogP contribution in [0.5, 0.6) is 0 Å². The normalized spacial score (nSPS) is 10.3. The molecule has 0 saturated carbocycles. The summed E-state index contributed by atoms with van der Waals surface area (Å²) in [4.78, 5) is 13.0. The highest BCUT2D eigenvalue weighted by atomic mass is 32.1. The van der Waals surface area contributed by atoms with Gasteiger partial charge in [-0.3, -0.25) is 0 Å². The molecule has 0 bridgehead atoms. The number of rotatable bonds is 4. The van der Waals surface area contributed by atoms with Gasteiger partial charge < -0.3 is 15.4 Å². The molecule has 0 amide bonds. The molecular weight excluding hydrogens is 383 g/mol. The van der Waals surface area contributed by atoms with Gasteiger partial charge in [-0.15, -0.1) is 11.3 Å². The lowest BCUT2D eigenvalue weighted by Crippen LogP contribution is -2.20. The van der Waals surface area contributed by atoms with Gasteiger partial charge in [0.05, 0.1) is 18.4 Å². The lowest BCUT2D eigenvalue weighted by atomic mass is 10.1. The van der Waals surface area contributed by atoms with Crippen molar-refractivity contribution in [3.63, 3.8) is 0 Å². The number of hydrogen-bond acceptors (Lipinski definition) is 4. The van der Waals surface area contributed by atoms with Crippen LogP contribution in [0.2, 0.25) is 0 Å². The van der Waals surface area contributed by atoms with Crippen LogP contribution in [0.4, 0.5) is 15.1 Å². The zero-order valence-electron chi connectivity index (χ0n) is 14.7. The molecule has 7 heteroatoms. The third kappa shape index (κ3) is 4.50. The molecule has 0 aliphatic heterocycles. The predicted molar refractivity (Wildman–Crippen MR) is 112 cm³/mol. The fourth-order valence-corrected chi connectivity index (χ4v) is 3.81. The molecule has 0 unspecified atom stereocenters. The molecule has 2 aromatic carbocycles. The molecule has 0 aliphatic carbocycles. The summed E-state index contributed by atoms with van der Waals surface area (Å²) in [6.07, 6.45) is 0. The fraction of sp³-hybridized carbons (Fsp3) is 0.100. The molecule has 1 aromatic heterocycles. The highest BCUT2D eigenvalue weighted by Gasteiger charge is 2.18. The molecule has 0 radical (unpaired) electrons. The highest BCUT2D eigenvalue weighted by molar-refractivity contribution is 7.80. The largest absolute Gasteiger partial charge is 0.465 e. The van der Waals surface area contributed by atoms with Crippen LogP contribution in [-0.4, -0.2) is 18.2 Å². The SMILES string of the molecule is COC(=O)c1cc(-c2ccccc2)sc1NC(=S)Nc1cc(C)ccc1F.